The Morgan fingerprint density at radius 1 is 0.291 bits per heavy atom. The standard InChI is InChI=1S/C55H38/c1-55(2)49-32-28-37-18-9-11-21-42(37)53(49)46-30-26-39(34-50(46)55)41-29-27-40(33-48(41)35-15-5-3-6-16-35)51-44-23-13-14-24-45(44)52(38-19-7-4-8-20-38)54-43-22-12-10-17-36(43)25-31-47(51)54/h3-34H,1-2H3. The van der Waals surface area contributed by atoms with Crippen molar-refractivity contribution in [1.29, 1.82) is 0 Å². The molecule has 0 amide bonds. The van der Waals surface area contributed by atoms with Gasteiger partial charge in [0.05, 0.1) is 0 Å². The Hall–Kier alpha value is -6.76. The monoisotopic (exact) mass is 698 g/mol. The summed E-state index contributed by atoms with van der Waals surface area (Å²) in [6.45, 7) is 4.77. The van der Waals surface area contributed by atoms with E-state index in [-0.39, 0.29) is 5.41 Å². The summed E-state index contributed by atoms with van der Waals surface area (Å²) in [7, 11) is 0. The number of benzene rings is 10. The molecule has 10 aromatic rings. The van der Waals surface area contributed by atoms with Gasteiger partial charge >= 0.3 is 0 Å². The molecule has 0 bridgehead atoms. The van der Waals surface area contributed by atoms with Gasteiger partial charge in [0, 0.05) is 5.41 Å². The highest BCUT2D eigenvalue weighted by Crippen LogP contribution is 2.53. The summed E-state index contributed by atoms with van der Waals surface area (Å²) in [6.07, 6.45) is 0. The van der Waals surface area contributed by atoms with E-state index in [4.69, 9.17) is 0 Å². The lowest BCUT2D eigenvalue weighted by atomic mass is 9.80. The van der Waals surface area contributed by atoms with E-state index in [0.717, 1.165) is 0 Å². The van der Waals surface area contributed by atoms with Crippen LogP contribution in [0.3, 0.4) is 0 Å². The number of rotatable bonds is 4. The van der Waals surface area contributed by atoms with Crippen LogP contribution in [0, 0.1) is 0 Å². The number of hydrogen-bond donors (Lipinski definition) is 0. The molecule has 0 saturated carbocycles. The first kappa shape index (κ1) is 31.7. The molecule has 0 saturated heterocycles. The SMILES string of the molecule is CC1(C)c2cc(-c3ccc(-c4c5ccccc5c(-c5ccccc5)c5c4ccc4ccccc45)cc3-c3ccccc3)ccc2-c2c1ccc1ccccc21. The van der Waals surface area contributed by atoms with Gasteiger partial charge in [-0.05, 0) is 122 Å². The van der Waals surface area contributed by atoms with Crippen LogP contribution in [0.2, 0.25) is 0 Å². The molecule has 0 heterocycles. The molecule has 1 aliphatic rings. The molecule has 11 rings (SSSR count). The van der Waals surface area contributed by atoms with Crippen molar-refractivity contribution in [2.24, 2.45) is 0 Å². The van der Waals surface area contributed by atoms with Crippen molar-refractivity contribution in [3.8, 4) is 55.6 Å². The second-order valence-corrected chi connectivity index (χ2v) is 15.6. The Morgan fingerprint density at radius 2 is 0.855 bits per heavy atom. The fraction of sp³-hybridized carbons (Fsp3) is 0.0545. The van der Waals surface area contributed by atoms with E-state index in [1.165, 1.54) is 110 Å². The fourth-order valence-corrected chi connectivity index (χ4v) is 9.65. The molecule has 1 aliphatic carbocycles. The molecule has 0 spiro atoms. The van der Waals surface area contributed by atoms with Gasteiger partial charge in [-0.25, -0.2) is 0 Å². The van der Waals surface area contributed by atoms with E-state index in [2.05, 4.69) is 208 Å². The molecule has 258 valence electrons. The van der Waals surface area contributed by atoms with Crippen LogP contribution in [0.1, 0.15) is 25.0 Å². The largest absolute Gasteiger partial charge is 0.0622 e. The van der Waals surface area contributed by atoms with Gasteiger partial charge in [-0.2, -0.15) is 0 Å². The second-order valence-electron chi connectivity index (χ2n) is 15.6. The summed E-state index contributed by atoms with van der Waals surface area (Å²) in [4.78, 5) is 0. The lowest BCUT2D eigenvalue weighted by molar-refractivity contribution is 0.661. The highest BCUT2D eigenvalue weighted by molar-refractivity contribution is 6.28. The van der Waals surface area contributed by atoms with Gasteiger partial charge in [0.25, 0.3) is 0 Å². The normalized spacial score (nSPS) is 13.1. The van der Waals surface area contributed by atoms with E-state index < -0.39 is 0 Å². The maximum atomic E-state index is 2.47. The molecule has 0 aliphatic heterocycles. The molecular formula is C55H38. The van der Waals surface area contributed by atoms with Gasteiger partial charge in [-0.3, -0.25) is 0 Å². The molecule has 0 radical (unpaired) electrons. The van der Waals surface area contributed by atoms with E-state index in [1.54, 1.807) is 0 Å². The Balaban J connectivity index is 1.18. The zero-order valence-corrected chi connectivity index (χ0v) is 31.0. The van der Waals surface area contributed by atoms with E-state index in [9.17, 15) is 0 Å². The third-order valence-corrected chi connectivity index (χ3v) is 12.2. The van der Waals surface area contributed by atoms with Crippen molar-refractivity contribution in [3.63, 3.8) is 0 Å². The van der Waals surface area contributed by atoms with Crippen molar-refractivity contribution in [2.45, 2.75) is 19.3 Å². The smallest absolute Gasteiger partial charge is 0.0159 e. The van der Waals surface area contributed by atoms with Gasteiger partial charge in [0.1, 0.15) is 0 Å². The van der Waals surface area contributed by atoms with Crippen molar-refractivity contribution >= 4 is 43.1 Å². The minimum absolute atomic E-state index is 0.112. The molecule has 0 aromatic heterocycles. The maximum absolute atomic E-state index is 2.47. The van der Waals surface area contributed by atoms with Crippen LogP contribution in [0.25, 0.3) is 98.7 Å². The van der Waals surface area contributed by atoms with Crippen molar-refractivity contribution in [1.82, 2.24) is 0 Å². The second kappa shape index (κ2) is 12.1. The number of hydrogen-bond acceptors (Lipinski definition) is 0. The molecule has 10 aromatic carbocycles. The van der Waals surface area contributed by atoms with Crippen LogP contribution >= 0.6 is 0 Å². The average Bonchev–Trinajstić information content (AvgIpc) is 3.48. The lowest BCUT2D eigenvalue weighted by Gasteiger charge is -2.23. The lowest BCUT2D eigenvalue weighted by Crippen LogP contribution is -2.15. The van der Waals surface area contributed by atoms with Crippen molar-refractivity contribution in [2.75, 3.05) is 0 Å². The van der Waals surface area contributed by atoms with Crippen LogP contribution in [0.15, 0.2) is 194 Å². The Morgan fingerprint density at radius 3 is 1.60 bits per heavy atom. The highest BCUT2D eigenvalue weighted by Gasteiger charge is 2.36. The maximum Gasteiger partial charge on any atom is 0.0159 e. The topological polar surface area (TPSA) is 0 Å². The predicted molar refractivity (Wildman–Crippen MR) is 236 cm³/mol. The van der Waals surface area contributed by atoms with E-state index in [1.807, 2.05) is 0 Å². The minimum atomic E-state index is -0.112. The summed E-state index contributed by atoms with van der Waals surface area (Å²) in [5.41, 5.74) is 15.4. The Bertz CT molecular complexity index is 3150. The van der Waals surface area contributed by atoms with Crippen molar-refractivity contribution in [3.05, 3.63) is 205 Å². The van der Waals surface area contributed by atoms with Crippen molar-refractivity contribution < 1.29 is 0 Å². The molecule has 0 unspecified atom stereocenters. The van der Waals surface area contributed by atoms with Gasteiger partial charge in [-0.1, -0.05) is 196 Å². The third-order valence-electron chi connectivity index (χ3n) is 12.2. The van der Waals surface area contributed by atoms with Crippen LogP contribution < -0.4 is 0 Å². The van der Waals surface area contributed by atoms with E-state index in [0.29, 0.717) is 0 Å². The minimum Gasteiger partial charge on any atom is -0.0622 e. The van der Waals surface area contributed by atoms with Gasteiger partial charge in [0.15, 0.2) is 0 Å². The third kappa shape index (κ3) is 4.78. The molecule has 0 heteroatoms. The molecule has 0 nitrogen and oxygen atoms in total. The first-order valence-electron chi connectivity index (χ1n) is 19.4. The molecule has 0 atom stereocenters. The fourth-order valence-electron chi connectivity index (χ4n) is 9.65. The van der Waals surface area contributed by atoms with Crippen LogP contribution in [-0.2, 0) is 5.41 Å². The summed E-state index contributed by atoms with van der Waals surface area (Å²) < 4.78 is 0. The highest BCUT2D eigenvalue weighted by atomic mass is 14.4. The van der Waals surface area contributed by atoms with Crippen LogP contribution in [0.5, 0.6) is 0 Å². The number of fused-ring (bicyclic) bond motifs is 9. The molecule has 0 fully saturated rings. The summed E-state index contributed by atoms with van der Waals surface area (Å²) in [6, 6.07) is 72.2. The first-order chi connectivity index (χ1) is 27.1. The van der Waals surface area contributed by atoms with E-state index >= 15 is 0 Å². The molecule has 55 heavy (non-hydrogen) atoms. The van der Waals surface area contributed by atoms with Crippen LogP contribution in [0.4, 0.5) is 0 Å². The Labute approximate surface area is 322 Å². The predicted octanol–water partition coefficient (Wildman–Crippen LogP) is 15.3. The zero-order valence-electron chi connectivity index (χ0n) is 31.0. The zero-order chi connectivity index (χ0) is 36.7. The van der Waals surface area contributed by atoms with Crippen LogP contribution in [-0.4, -0.2) is 0 Å². The summed E-state index contributed by atoms with van der Waals surface area (Å²) >= 11 is 0. The van der Waals surface area contributed by atoms with Gasteiger partial charge < -0.3 is 0 Å². The summed E-state index contributed by atoms with van der Waals surface area (Å²) in [5, 5.41) is 10.3. The average molecular weight is 699 g/mol. The van der Waals surface area contributed by atoms with Gasteiger partial charge in [0.2, 0.25) is 0 Å². The molecule has 0 N–H and O–H groups in total. The summed E-state index contributed by atoms with van der Waals surface area (Å²) in [5.74, 6) is 0. The van der Waals surface area contributed by atoms with Gasteiger partial charge in [-0.15, -0.1) is 0 Å². The first-order valence-corrected chi connectivity index (χ1v) is 19.4. The molecular weight excluding hydrogens is 661 g/mol. The quantitative estimate of drug-likeness (QED) is 0.127. The Kier molecular flexibility index (Phi) is 7.00.